The zero-order valence-electron chi connectivity index (χ0n) is 9.94. The molecule has 2 aromatic rings. The Kier molecular flexibility index (Phi) is 3.54. The molecule has 0 saturated heterocycles. The van der Waals surface area contributed by atoms with Gasteiger partial charge in [0.1, 0.15) is 5.60 Å². The Balaban J connectivity index is 2.45. The Bertz CT molecular complexity index is 515. The van der Waals surface area contributed by atoms with E-state index in [1.54, 1.807) is 0 Å². The molecule has 2 heteroatoms. The fraction of sp³-hybridized carbons (Fsp3) is 0.200. The van der Waals surface area contributed by atoms with Crippen molar-refractivity contribution in [2.75, 3.05) is 0 Å². The largest absolute Gasteiger partial charge is 0.381 e. The molecule has 0 bridgehead atoms. The lowest BCUT2D eigenvalue weighted by atomic mass is 9.87. The molecule has 2 rings (SSSR count). The lowest BCUT2D eigenvalue weighted by Gasteiger charge is -2.25. The first-order chi connectivity index (χ1) is 8.00. The molecule has 0 heterocycles. The minimum atomic E-state index is -0.934. The van der Waals surface area contributed by atoms with Crippen molar-refractivity contribution in [3.63, 3.8) is 0 Å². The van der Waals surface area contributed by atoms with Crippen molar-refractivity contribution in [3.8, 4) is 0 Å². The van der Waals surface area contributed by atoms with Crippen LogP contribution >= 0.6 is 22.6 Å². The van der Waals surface area contributed by atoms with Gasteiger partial charge < -0.3 is 5.11 Å². The van der Waals surface area contributed by atoms with Crippen LogP contribution in [0.5, 0.6) is 0 Å². The quantitative estimate of drug-likeness (QED) is 0.825. The maximum Gasteiger partial charge on any atom is 0.112 e. The van der Waals surface area contributed by atoms with Gasteiger partial charge in [0.05, 0.1) is 0 Å². The van der Waals surface area contributed by atoms with Gasteiger partial charge in [-0.1, -0.05) is 42.0 Å². The van der Waals surface area contributed by atoms with Gasteiger partial charge in [-0.15, -0.1) is 0 Å². The molecule has 1 atom stereocenters. The standard InChI is InChI=1S/C15H15IO/c1-11-4-3-5-13(10-11)15(2,17)12-6-8-14(16)9-7-12/h3-10,17H,1-2H3. The van der Waals surface area contributed by atoms with Gasteiger partial charge in [0, 0.05) is 3.57 Å². The molecule has 1 unspecified atom stereocenters. The van der Waals surface area contributed by atoms with E-state index in [4.69, 9.17) is 0 Å². The fourth-order valence-corrected chi connectivity index (χ4v) is 2.25. The maximum atomic E-state index is 10.7. The Morgan fingerprint density at radius 3 is 2.24 bits per heavy atom. The molecule has 2 aromatic carbocycles. The highest BCUT2D eigenvalue weighted by molar-refractivity contribution is 14.1. The van der Waals surface area contributed by atoms with Crippen LogP contribution in [0, 0.1) is 10.5 Å². The molecule has 0 aliphatic carbocycles. The lowest BCUT2D eigenvalue weighted by Crippen LogP contribution is -2.22. The summed E-state index contributed by atoms with van der Waals surface area (Å²) in [6.07, 6.45) is 0. The van der Waals surface area contributed by atoms with E-state index in [0.717, 1.165) is 16.7 Å². The third-order valence-electron chi connectivity index (χ3n) is 2.99. The van der Waals surface area contributed by atoms with E-state index >= 15 is 0 Å². The van der Waals surface area contributed by atoms with Crippen LogP contribution in [0.3, 0.4) is 0 Å². The normalized spacial score (nSPS) is 14.4. The minimum absolute atomic E-state index is 0.920. The maximum absolute atomic E-state index is 10.7. The van der Waals surface area contributed by atoms with Crippen LogP contribution in [0.15, 0.2) is 48.5 Å². The number of aliphatic hydroxyl groups is 1. The van der Waals surface area contributed by atoms with Crippen molar-refractivity contribution < 1.29 is 5.11 Å². The number of hydrogen-bond acceptors (Lipinski definition) is 1. The number of benzene rings is 2. The summed E-state index contributed by atoms with van der Waals surface area (Å²) in [4.78, 5) is 0. The highest BCUT2D eigenvalue weighted by Crippen LogP contribution is 2.29. The van der Waals surface area contributed by atoms with Crippen molar-refractivity contribution in [1.82, 2.24) is 0 Å². The van der Waals surface area contributed by atoms with Crippen LogP contribution in [0.2, 0.25) is 0 Å². The second kappa shape index (κ2) is 4.78. The van der Waals surface area contributed by atoms with Gasteiger partial charge in [0.25, 0.3) is 0 Å². The molecular formula is C15H15IO. The third kappa shape index (κ3) is 2.69. The second-order valence-electron chi connectivity index (χ2n) is 4.45. The lowest BCUT2D eigenvalue weighted by molar-refractivity contribution is 0.102. The molecule has 0 aliphatic rings. The van der Waals surface area contributed by atoms with Crippen molar-refractivity contribution >= 4 is 22.6 Å². The first kappa shape index (κ1) is 12.6. The molecule has 0 radical (unpaired) electrons. The van der Waals surface area contributed by atoms with Gasteiger partial charge in [-0.25, -0.2) is 0 Å². The van der Waals surface area contributed by atoms with Crippen molar-refractivity contribution in [3.05, 3.63) is 68.8 Å². The molecule has 0 spiro atoms. The monoisotopic (exact) mass is 338 g/mol. The van der Waals surface area contributed by atoms with Gasteiger partial charge in [-0.2, -0.15) is 0 Å². The highest BCUT2D eigenvalue weighted by atomic mass is 127. The van der Waals surface area contributed by atoms with Gasteiger partial charge in [0.2, 0.25) is 0 Å². The van der Waals surface area contributed by atoms with Crippen LogP contribution in [0.25, 0.3) is 0 Å². The number of aryl methyl sites for hydroxylation is 1. The summed E-state index contributed by atoms with van der Waals surface area (Å²) in [5, 5.41) is 10.7. The van der Waals surface area contributed by atoms with Crippen molar-refractivity contribution in [1.29, 1.82) is 0 Å². The van der Waals surface area contributed by atoms with Crippen molar-refractivity contribution in [2.45, 2.75) is 19.4 Å². The van der Waals surface area contributed by atoms with Crippen LogP contribution in [-0.2, 0) is 5.60 Å². The number of hydrogen-bond donors (Lipinski definition) is 1. The number of halogens is 1. The Labute approximate surface area is 116 Å². The van der Waals surface area contributed by atoms with E-state index in [9.17, 15) is 5.11 Å². The molecule has 88 valence electrons. The molecule has 0 saturated carbocycles. The van der Waals surface area contributed by atoms with E-state index in [-0.39, 0.29) is 0 Å². The van der Waals surface area contributed by atoms with E-state index in [0.29, 0.717) is 0 Å². The zero-order valence-corrected chi connectivity index (χ0v) is 12.1. The molecule has 1 N–H and O–H groups in total. The van der Waals surface area contributed by atoms with Crippen LogP contribution < -0.4 is 0 Å². The summed E-state index contributed by atoms with van der Waals surface area (Å²) in [5.74, 6) is 0. The predicted molar refractivity (Wildman–Crippen MR) is 79.0 cm³/mol. The summed E-state index contributed by atoms with van der Waals surface area (Å²) in [6, 6.07) is 16.0. The van der Waals surface area contributed by atoms with Gasteiger partial charge in [0.15, 0.2) is 0 Å². The number of rotatable bonds is 2. The Hall–Kier alpha value is -0.870. The first-order valence-corrected chi connectivity index (χ1v) is 6.63. The summed E-state index contributed by atoms with van der Waals surface area (Å²) >= 11 is 2.26. The SMILES string of the molecule is Cc1cccc(C(C)(O)c2ccc(I)cc2)c1. The molecule has 0 fully saturated rings. The summed E-state index contributed by atoms with van der Waals surface area (Å²) in [5.41, 5.74) is 2.08. The predicted octanol–water partition coefficient (Wildman–Crippen LogP) is 3.86. The molecule has 17 heavy (non-hydrogen) atoms. The zero-order chi connectivity index (χ0) is 12.5. The van der Waals surface area contributed by atoms with Crippen LogP contribution in [0.1, 0.15) is 23.6 Å². The summed E-state index contributed by atoms with van der Waals surface area (Å²) in [6.45, 7) is 3.87. The molecule has 0 aromatic heterocycles. The summed E-state index contributed by atoms with van der Waals surface area (Å²) < 4.78 is 1.17. The Morgan fingerprint density at radius 2 is 1.65 bits per heavy atom. The van der Waals surface area contributed by atoms with E-state index in [1.165, 1.54) is 3.57 Å². The third-order valence-corrected chi connectivity index (χ3v) is 3.71. The smallest absolute Gasteiger partial charge is 0.112 e. The molecule has 0 aliphatic heterocycles. The van der Waals surface area contributed by atoms with E-state index in [2.05, 4.69) is 22.6 Å². The summed E-state index contributed by atoms with van der Waals surface area (Å²) in [7, 11) is 0. The molecular weight excluding hydrogens is 323 g/mol. The van der Waals surface area contributed by atoms with Crippen LogP contribution in [0.4, 0.5) is 0 Å². The minimum Gasteiger partial charge on any atom is -0.381 e. The van der Waals surface area contributed by atoms with E-state index in [1.807, 2.05) is 62.4 Å². The molecule has 0 amide bonds. The van der Waals surface area contributed by atoms with Gasteiger partial charge in [-0.3, -0.25) is 0 Å². The second-order valence-corrected chi connectivity index (χ2v) is 5.69. The average Bonchev–Trinajstić information content (AvgIpc) is 2.29. The Morgan fingerprint density at radius 1 is 1.00 bits per heavy atom. The fourth-order valence-electron chi connectivity index (χ4n) is 1.89. The first-order valence-electron chi connectivity index (χ1n) is 5.56. The van der Waals surface area contributed by atoms with Crippen LogP contribution in [-0.4, -0.2) is 5.11 Å². The van der Waals surface area contributed by atoms with Gasteiger partial charge in [-0.05, 0) is 59.7 Å². The average molecular weight is 338 g/mol. The van der Waals surface area contributed by atoms with E-state index < -0.39 is 5.60 Å². The van der Waals surface area contributed by atoms with Gasteiger partial charge >= 0.3 is 0 Å². The van der Waals surface area contributed by atoms with Crippen molar-refractivity contribution in [2.24, 2.45) is 0 Å². The topological polar surface area (TPSA) is 20.2 Å². The highest BCUT2D eigenvalue weighted by Gasteiger charge is 2.25. The molecule has 1 nitrogen and oxygen atoms in total.